The van der Waals surface area contributed by atoms with E-state index in [0.29, 0.717) is 5.56 Å². The van der Waals surface area contributed by atoms with Crippen LogP contribution in [-0.4, -0.2) is 20.0 Å². The van der Waals surface area contributed by atoms with Crippen molar-refractivity contribution in [3.8, 4) is 11.5 Å². The lowest BCUT2D eigenvalue weighted by Crippen LogP contribution is -2.08. The highest BCUT2D eigenvalue weighted by molar-refractivity contribution is 6.00. The molecule has 0 radical (unpaired) electrons. The lowest BCUT2D eigenvalue weighted by Gasteiger charge is -2.09. The number of hydrogen-bond donors (Lipinski definition) is 0. The molecule has 0 fully saturated rings. The molecule has 0 bridgehead atoms. The molecule has 0 spiro atoms. The Hall–Kier alpha value is -2.43. The van der Waals surface area contributed by atoms with Gasteiger partial charge in [0.05, 0.1) is 19.8 Å². The Kier molecular flexibility index (Phi) is 4.52. The standard InChI is InChI=1S/C16H14F2O3/c1-20-14-7-6-10(8-12(14)18)9-13(19)16-11(17)4-3-5-15(16)21-2/h3-8H,9H2,1-2H3. The lowest BCUT2D eigenvalue weighted by molar-refractivity contribution is 0.0986. The van der Waals surface area contributed by atoms with Crippen LogP contribution in [0.1, 0.15) is 15.9 Å². The fraction of sp³-hybridized carbons (Fsp3) is 0.188. The first-order valence-corrected chi connectivity index (χ1v) is 6.25. The van der Waals surface area contributed by atoms with Crippen molar-refractivity contribution in [3.63, 3.8) is 0 Å². The molecule has 0 aliphatic rings. The maximum atomic E-state index is 13.8. The maximum Gasteiger partial charge on any atom is 0.173 e. The minimum atomic E-state index is -0.659. The summed E-state index contributed by atoms with van der Waals surface area (Å²) in [4.78, 5) is 12.2. The van der Waals surface area contributed by atoms with Crippen LogP contribution >= 0.6 is 0 Å². The summed E-state index contributed by atoms with van der Waals surface area (Å²) >= 11 is 0. The van der Waals surface area contributed by atoms with Crippen molar-refractivity contribution in [1.29, 1.82) is 0 Å². The second-order valence-electron chi connectivity index (χ2n) is 4.39. The van der Waals surface area contributed by atoms with Gasteiger partial charge < -0.3 is 9.47 Å². The molecule has 0 saturated carbocycles. The van der Waals surface area contributed by atoms with E-state index in [-0.39, 0.29) is 23.5 Å². The SMILES string of the molecule is COc1ccc(CC(=O)c2c(F)cccc2OC)cc1F. The minimum absolute atomic E-state index is 0.0923. The van der Waals surface area contributed by atoms with Crippen molar-refractivity contribution in [2.24, 2.45) is 0 Å². The molecular weight excluding hydrogens is 278 g/mol. The third kappa shape index (κ3) is 3.18. The van der Waals surface area contributed by atoms with E-state index in [9.17, 15) is 13.6 Å². The van der Waals surface area contributed by atoms with Crippen LogP contribution in [0.2, 0.25) is 0 Å². The third-order valence-corrected chi connectivity index (χ3v) is 3.06. The van der Waals surface area contributed by atoms with Crippen molar-refractivity contribution in [2.75, 3.05) is 14.2 Å². The van der Waals surface area contributed by atoms with Crippen LogP contribution < -0.4 is 9.47 Å². The van der Waals surface area contributed by atoms with E-state index in [0.717, 1.165) is 0 Å². The molecule has 21 heavy (non-hydrogen) atoms. The molecule has 0 saturated heterocycles. The third-order valence-electron chi connectivity index (χ3n) is 3.06. The molecule has 5 heteroatoms. The molecule has 0 aromatic heterocycles. The van der Waals surface area contributed by atoms with Gasteiger partial charge in [-0.3, -0.25) is 4.79 Å². The number of hydrogen-bond acceptors (Lipinski definition) is 3. The number of ketones is 1. The topological polar surface area (TPSA) is 35.5 Å². The molecule has 110 valence electrons. The first kappa shape index (κ1) is 15.0. The van der Waals surface area contributed by atoms with Crippen molar-refractivity contribution < 1.29 is 23.0 Å². The van der Waals surface area contributed by atoms with Crippen LogP contribution in [-0.2, 0) is 6.42 Å². The minimum Gasteiger partial charge on any atom is -0.496 e. The molecule has 0 aliphatic heterocycles. The number of rotatable bonds is 5. The number of carbonyl (C=O) groups is 1. The van der Waals surface area contributed by atoms with Crippen LogP contribution in [0.15, 0.2) is 36.4 Å². The van der Waals surface area contributed by atoms with E-state index in [2.05, 4.69) is 0 Å². The predicted octanol–water partition coefficient (Wildman–Crippen LogP) is 3.41. The van der Waals surface area contributed by atoms with E-state index in [1.165, 1.54) is 44.6 Å². The zero-order valence-electron chi connectivity index (χ0n) is 11.7. The Morgan fingerprint density at radius 3 is 2.33 bits per heavy atom. The second kappa shape index (κ2) is 6.35. The average Bonchev–Trinajstić information content (AvgIpc) is 2.46. The summed E-state index contributed by atoms with van der Waals surface area (Å²) in [6.45, 7) is 0. The fourth-order valence-electron chi connectivity index (χ4n) is 2.04. The predicted molar refractivity (Wildman–Crippen MR) is 73.9 cm³/mol. The number of benzene rings is 2. The van der Waals surface area contributed by atoms with Gasteiger partial charge in [0.25, 0.3) is 0 Å². The highest BCUT2D eigenvalue weighted by atomic mass is 19.1. The zero-order valence-corrected chi connectivity index (χ0v) is 11.7. The number of methoxy groups -OCH3 is 2. The summed E-state index contributed by atoms with van der Waals surface area (Å²) in [5.74, 6) is -1.45. The van der Waals surface area contributed by atoms with Crippen LogP contribution in [0.3, 0.4) is 0 Å². The van der Waals surface area contributed by atoms with Gasteiger partial charge in [-0.25, -0.2) is 8.78 Å². The molecule has 2 aromatic rings. The summed E-state index contributed by atoms with van der Waals surface area (Å²) in [6.07, 6.45) is -0.127. The number of carbonyl (C=O) groups excluding carboxylic acids is 1. The summed E-state index contributed by atoms with van der Waals surface area (Å²) in [6, 6.07) is 8.33. The van der Waals surface area contributed by atoms with E-state index in [4.69, 9.17) is 9.47 Å². The van der Waals surface area contributed by atoms with Gasteiger partial charge in [0.1, 0.15) is 11.6 Å². The van der Waals surface area contributed by atoms with Gasteiger partial charge in [-0.1, -0.05) is 12.1 Å². The molecule has 2 rings (SSSR count). The van der Waals surface area contributed by atoms with Gasteiger partial charge in [-0.2, -0.15) is 0 Å². The normalized spacial score (nSPS) is 10.3. The number of halogens is 2. The molecule has 0 aliphatic carbocycles. The zero-order chi connectivity index (χ0) is 15.4. The molecule has 0 atom stereocenters. The van der Waals surface area contributed by atoms with Crippen LogP contribution in [0, 0.1) is 11.6 Å². The van der Waals surface area contributed by atoms with E-state index < -0.39 is 17.4 Å². The fourth-order valence-corrected chi connectivity index (χ4v) is 2.04. The van der Waals surface area contributed by atoms with Crippen molar-refractivity contribution in [2.45, 2.75) is 6.42 Å². The first-order chi connectivity index (χ1) is 10.1. The van der Waals surface area contributed by atoms with Gasteiger partial charge in [-0.05, 0) is 29.8 Å². The summed E-state index contributed by atoms with van der Waals surface area (Å²) < 4.78 is 37.2. The summed E-state index contributed by atoms with van der Waals surface area (Å²) in [5, 5.41) is 0. The van der Waals surface area contributed by atoms with Crippen LogP contribution in [0.5, 0.6) is 11.5 Å². The highest BCUT2D eigenvalue weighted by Crippen LogP contribution is 2.24. The molecule has 0 heterocycles. The summed E-state index contributed by atoms with van der Waals surface area (Å²) in [7, 11) is 2.71. The lowest BCUT2D eigenvalue weighted by atomic mass is 10.0. The molecule has 3 nitrogen and oxygen atoms in total. The Morgan fingerprint density at radius 1 is 1.00 bits per heavy atom. The Balaban J connectivity index is 2.28. The monoisotopic (exact) mass is 292 g/mol. The summed E-state index contributed by atoms with van der Waals surface area (Å²) in [5.41, 5.74) is 0.305. The van der Waals surface area contributed by atoms with E-state index >= 15 is 0 Å². The quantitative estimate of drug-likeness (QED) is 0.792. The van der Waals surface area contributed by atoms with Gasteiger partial charge in [0.15, 0.2) is 17.3 Å². The largest absolute Gasteiger partial charge is 0.496 e. The van der Waals surface area contributed by atoms with Gasteiger partial charge in [0.2, 0.25) is 0 Å². The van der Waals surface area contributed by atoms with Crippen molar-refractivity contribution in [1.82, 2.24) is 0 Å². The van der Waals surface area contributed by atoms with E-state index in [1.54, 1.807) is 6.07 Å². The smallest absolute Gasteiger partial charge is 0.173 e. The Bertz CT molecular complexity index is 669. The molecule has 2 aromatic carbocycles. The molecular formula is C16H14F2O3. The first-order valence-electron chi connectivity index (χ1n) is 6.25. The van der Waals surface area contributed by atoms with Gasteiger partial charge >= 0.3 is 0 Å². The Labute approximate surface area is 121 Å². The van der Waals surface area contributed by atoms with Gasteiger partial charge in [0, 0.05) is 6.42 Å². The van der Waals surface area contributed by atoms with Crippen molar-refractivity contribution in [3.05, 3.63) is 59.2 Å². The van der Waals surface area contributed by atoms with Crippen molar-refractivity contribution >= 4 is 5.78 Å². The van der Waals surface area contributed by atoms with E-state index in [1.807, 2.05) is 0 Å². The van der Waals surface area contributed by atoms with Gasteiger partial charge in [-0.15, -0.1) is 0 Å². The maximum absolute atomic E-state index is 13.8. The second-order valence-corrected chi connectivity index (χ2v) is 4.39. The molecule has 0 unspecified atom stereocenters. The molecule has 0 amide bonds. The number of ether oxygens (including phenoxy) is 2. The average molecular weight is 292 g/mol. The molecule has 0 N–H and O–H groups in total. The Morgan fingerprint density at radius 2 is 1.71 bits per heavy atom. The highest BCUT2D eigenvalue weighted by Gasteiger charge is 2.18. The number of Topliss-reactive ketones (excluding diaryl/α,β-unsaturated/α-hetero) is 1. The van der Waals surface area contributed by atoms with Crippen LogP contribution in [0.25, 0.3) is 0 Å². The van der Waals surface area contributed by atoms with Crippen LogP contribution in [0.4, 0.5) is 8.78 Å².